The SMILES string of the molecule is Cc1nn(C(CNC(C)C)c2ccccc2)cc1Cl. The fraction of sp³-hybridized carbons (Fsp3) is 0.400. The molecule has 0 amide bonds. The molecular formula is C15H20ClN3. The Kier molecular flexibility index (Phi) is 4.61. The molecule has 1 heterocycles. The van der Waals surface area contributed by atoms with Gasteiger partial charge in [0.15, 0.2) is 0 Å². The highest BCUT2D eigenvalue weighted by atomic mass is 35.5. The summed E-state index contributed by atoms with van der Waals surface area (Å²) in [5, 5.41) is 8.69. The summed E-state index contributed by atoms with van der Waals surface area (Å²) < 4.78 is 1.95. The van der Waals surface area contributed by atoms with E-state index in [-0.39, 0.29) is 6.04 Å². The van der Waals surface area contributed by atoms with Crippen LogP contribution in [0.4, 0.5) is 0 Å². The third-order valence-corrected chi connectivity index (χ3v) is 3.45. The van der Waals surface area contributed by atoms with Crippen molar-refractivity contribution in [2.75, 3.05) is 6.54 Å². The van der Waals surface area contributed by atoms with Crippen LogP contribution in [0.5, 0.6) is 0 Å². The van der Waals surface area contributed by atoms with Crippen LogP contribution in [0.3, 0.4) is 0 Å². The molecule has 1 aromatic carbocycles. The van der Waals surface area contributed by atoms with Crippen molar-refractivity contribution in [3.05, 3.63) is 52.8 Å². The number of halogens is 1. The Hall–Kier alpha value is -1.32. The monoisotopic (exact) mass is 277 g/mol. The molecule has 0 saturated heterocycles. The standard InChI is InChI=1S/C15H20ClN3/c1-11(2)17-9-15(13-7-5-4-6-8-13)19-10-14(16)12(3)18-19/h4-8,10-11,15,17H,9H2,1-3H3. The van der Waals surface area contributed by atoms with E-state index in [0.717, 1.165) is 12.2 Å². The minimum Gasteiger partial charge on any atom is -0.312 e. The van der Waals surface area contributed by atoms with Crippen LogP contribution >= 0.6 is 11.6 Å². The largest absolute Gasteiger partial charge is 0.312 e. The van der Waals surface area contributed by atoms with E-state index in [1.165, 1.54) is 5.56 Å². The van der Waals surface area contributed by atoms with Gasteiger partial charge in [-0.1, -0.05) is 55.8 Å². The summed E-state index contributed by atoms with van der Waals surface area (Å²) >= 11 is 6.12. The van der Waals surface area contributed by atoms with Crippen molar-refractivity contribution in [2.45, 2.75) is 32.9 Å². The Balaban J connectivity index is 2.28. The lowest BCUT2D eigenvalue weighted by atomic mass is 10.1. The molecule has 0 aliphatic heterocycles. The first-order valence-electron chi connectivity index (χ1n) is 6.57. The Bertz CT molecular complexity index is 500. The summed E-state index contributed by atoms with van der Waals surface area (Å²) in [6.07, 6.45) is 1.90. The van der Waals surface area contributed by atoms with Gasteiger partial charge in [-0.15, -0.1) is 0 Å². The third-order valence-electron chi connectivity index (χ3n) is 3.08. The molecule has 0 radical (unpaired) electrons. The molecule has 102 valence electrons. The molecule has 0 spiro atoms. The average molecular weight is 278 g/mol. The molecule has 1 atom stereocenters. The van der Waals surface area contributed by atoms with Crippen LogP contribution < -0.4 is 5.32 Å². The fourth-order valence-electron chi connectivity index (χ4n) is 2.01. The van der Waals surface area contributed by atoms with Gasteiger partial charge < -0.3 is 5.32 Å². The lowest BCUT2D eigenvalue weighted by Gasteiger charge is -2.20. The van der Waals surface area contributed by atoms with E-state index in [2.05, 4.69) is 48.5 Å². The van der Waals surface area contributed by atoms with Gasteiger partial charge in [0.25, 0.3) is 0 Å². The summed E-state index contributed by atoms with van der Waals surface area (Å²) in [5.41, 5.74) is 2.10. The molecule has 1 aromatic heterocycles. The molecule has 0 aliphatic carbocycles. The maximum atomic E-state index is 6.12. The van der Waals surface area contributed by atoms with Crippen LogP contribution in [0.1, 0.15) is 31.1 Å². The predicted molar refractivity (Wildman–Crippen MR) is 79.7 cm³/mol. The van der Waals surface area contributed by atoms with Gasteiger partial charge in [-0.2, -0.15) is 5.10 Å². The second kappa shape index (κ2) is 6.22. The van der Waals surface area contributed by atoms with E-state index in [1.54, 1.807) is 0 Å². The Morgan fingerprint density at radius 2 is 1.95 bits per heavy atom. The molecule has 2 aromatic rings. The topological polar surface area (TPSA) is 29.9 Å². The molecule has 0 saturated carbocycles. The Morgan fingerprint density at radius 1 is 1.26 bits per heavy atom. The van der Waals surface area contributed by atoms with Crippen LogP contribution in [0.15, 0.2) is 36.5 Å². The van der Waals surface area contributed by atoms with E-state index in [1.807, 2.05) is 23.9 Å². The molecule has 0 aliphatic rings. The van der Waals surface area contributed by atoms with E-state index >= 15 is 0 Å². The summed E-state index contributed by atoms with van der Waals surface area (Å²) in [4.78, 5) is 0. The molecule has 1 N–H and O–H groups in total. The van der Waals surface area contributed by atoms with Gasteiger partial charge >= 0.3 is 0 Å². The highest BCUT2D eigenvalue weighted by Crippen LogP contribution is 2.21. The molecule has 0 bridgehead atoms. The van der Waals surface area contributed by atoms with Crippen molar-refractivity contribution in [3.8, 4) is 0 Å². The van der Waals surface area contributed by atoms with Crippen molar-refractivity contribution in [2.24, 2.45) is 0 Å². The number of rotatable bonds is 5. The quantitative estimate of drug-likeness (QED) is 0.907. The number of hydrogen-bond donors (Lipinski definition) is 1. The van der Waals surface area contributed by atoms with Gasteiger partial charge in [-0.25, -0.2) is 0 Å². The number of benzene rings is 1. The van der Waals surface area contributed by atoms with E-state index in [0.29, 0.717) is 11.1 Å². The smallest absolute Gasteiger partial charge is 0.0893 e. The molecule has 0 fully saturated rings. The molecular weight excluding hydrogens is 258 g/mol. The van der Waals surface area contributed by atoms with Crippen molar-refractivity contribution in [1.29, 1.82) is 0 Å². The zero-order valence-electron chi connectivity index (χ0n) is 11.6. The number of aryl methyl sites for hydroxylation is 1. The maximum absolute atomic E-state index is 6.12. The first kappa shape index (κ1) is 14.1. The van der Waals surface area contributed by atoms with Gasteiger partial charge in [-0.3, -0.25) is 4.68 Å². The summed E-state index contributed by atoms with van der Waals surface area (Å²) in [5.74, 6) is 0. The van der Waals surface area contributed by atoms with Crippen molar-refractivity contribution in [1.82, 2.24) is 15.1 Å². The van der Waals surface area contributed by atoms with Gasteiger partial charge in [0.1, 0.15) is 0 Å². The zero-order valence-corrected chi connectivity index (χ0v) is 12.4. The molecule has 19 heavy (non-hydrogen) atoms. The molecule has 1 unspecified atom stereocenters. The summed E-state index contributed by atoms with van der Waals surface area (Å²) in [6, 6.07) is 11.0. The van der Waals surface area contributed by atoms with Crippen molar-refractivity contribution < 1.29 is 0 Å². The second-order valence-electron chi connectivity index (χ2n) is 5.03. The van der Waals surface area contributed by atoms with E-state index in [4.69, 9.17) is 11.6 Å². The highest BCUT2D eigenvalue weighted by Gasteiger charge is 2.16. The molecule has 3 nitrogen and oxygen atoms in total. The minimum atomic E-state index is 0.162. The van der Waals surface area contributed by atoms with E-state index in [9.17, 15) is 0 Å². The number of nitrogens with one attached hydrogen (secondary N) is 1. The fourth-order valence-corrected chi connectivity index (χ4v) is 2.14. The average Bonchev–Trinajstić information content (AvgIpc) is 2.70. The van der Waals surface area contributed by atoms with Crippen LogP contribution in [0.2, 0.25) is 5.02 Å². The summed E-state index contributed by atoms with van der Waals surface area (Å²) in [7, 11) is 0. The van der Waals surface area contributed by atoms with Crippen LogP contribution in [0, 0.1) is 6.92 Å². The maximum Gasteiger partial charge on any atom is 0.0893 e. The first-order chi connectivity index (χ1) is 9.08. The van der Waals surface area contributed by atoms with Crippen LogP contribution in [-0.2, 0) is 0 Å². The van der Waals surface area contributed by atoms with Gasteiger partial charge in [0.2, 0.25) is 0 Å². The lowest BCUT2D eigenvalue weighted by Crippen LogP contribution is -2.31. The highest BCUT2D eigenvalue weighted by molar-refractivity contribution is 6.31. The van der Waals surface area contributed by atoms with Gasteiger partial charge in [-0.05, 0) is 12.5 Å². The number of nitrogens with zero attached hydrogens (tertiary/aromatic N) is 2. The normalized spacial score (nSPS) is 12.9. The predicted octanol–water partition coefficient (Wildman–Crippen LogP) is 3.43. The van der Waals surface area contributed by atoms with Crippen molar-refractivity contribution in [3.63, 3.8) is 0 Å². The zero-order chi connectivity index (χ0) is 13.8. The van der Waals surface area contributed by atoms with Crippen LogP contribution in [0.25, 0.3) is 0 Å². The Morgan fingerprint density at radius 3 is 2.47 bits per heavy atom. The number of aromatic nitrogens is 2. The van der Waals surface area contributed by atoms with E-state index < -0.39 is 0 Å². The second-order valence-corrected chi connectivity index (χ2v) is 5.44. The first-order valence-corrected chi connectivity index (χ1v) is 6.95. The third kappa shape index (κ3) is 3.58. The number of hydrogen-bond acceptors (Lipinski definition) is 2. The van der Waals surface area contributed by atoms with Gasteiger partial charge in [0, 0.05) is 18.8 Å². The summed E-state index contributed by atoms with van der Waals surface area (Å²) in [6.45, 7) is 7.04. The lowest BCUT2D eigenvalue weighted by molar-refractivity contribution is 0.454. The van der Waals surface area contributed by atoms with Crippen molar-refractivity contribution >= 4 is 11.6 Å². The molecule has 2 rings (SSSR count). The molecule has 4 heteroatoms. The van der Waals surface area contributed by atoms with Gasteiger partial charge in [0.05, 0.1) is 16.8 Å². The minimum absolute atomic E-state index is 0.162. The Labute approximate surface area is 119 Å². The van der Waals surface area contributed by atoms with Crippen LogP contribution in [-0.4, -0.2) is 22.4 Å².